The van der Waals surface area contributed by atoms with E-state index in [1.54, 1.807) is 0 Å². The van der Waals surface area contributed by atoms with Gasteiger partial charge in [-0.2, -0.15) is 4.98 Å². The number of H-pyrrole nitrogens is 1. The van der Waals surface area contributed by atoms with E-state index in [2.05, 4.69) is 27.0 Å². The normalized spacial score (nSPS) is 31.9. The van der Waals surface area contributed by atoms with Crippen molar-refractivity contribution in [2.75, 3.05) is 24.6 Å². The molecule has 0 aliphatic carbocycles. The zero-order valence-corrected chi connectivity index (χ0v) is 11.5. The predicted molar refractivity (Wildman–Crippen MR) is 73.2 cm³/mol. The maximum Gasteiger partial charge on any atom is 0.244 e. The number of hydrogen-bond donors (Lipinski definition) is 2. The summed E-state index contributed by atoms with van der Waals surface area (Å²) < 4.78 is 5.72. The van der Waals surface area contributed by atoms with Gasteiger partial charge in [-0.1, -0.05) is 6.92 Å². The Balaban J connectivity index is 1.72. The second-order valence-electron chi connectivity index (χ2n) is 5.58. The molecule has 3 N–H and O–H groups in total. The van der Waals surface area contributed by atoms with E-state index in [0.29, 0.717) is 5.92 Å². The Labute approximate surface area is 113 Å². The van der Waals surface area contributed by atoms with Gasteiger partial charge in [0.1, 0.15) is 5.82 Å². The van der Waals surface area contributed by atoms with Gasteiger partial charge >= 0.3 is 0 Å². The quantitative estimate of drug-likeness (QED) is 0.852. The Bertz CT molecular complexity index is 421. The second kappa shape index (κ2) is 5.46. The van der Waals surface area contributed by atoms with Gasteiger partial charge in [0.25, 0.3) is 0 Å². The Morgan fingerprint density at radius 2 is 2.37 bits per heavy atom. The number of aromatic amines is 1. The monoisotopic (exact) mass is 265 g/mol. The first-order chi connectivity index (χ1) is 9.28. The molecule has 2 saturated heterocycles. The van der Waals surface area contributed by atoms with Crippen LogP contribution in [0.15, 0.2) is 0 Å². The molecule has 2 aliphatic rings. The molecule has 1 aromatic rings. The lowest BCUT2D eigenvalue weighted by Gasteiger charge is -2.29. The van der Waals surface area contributed by atoms with E-state index in [-0.39, 0.29) is 12.1 Å². The van der Waals surface area contributed by atoms with Gasteiger partial charge in [-0.15, -0.1) is 5.10 Å². The molecule has 106 valence electrons. The molecule has 3 atom stereocenters. The second-order valence-corrected chi connectivity index (χ2v) is 5.58. The maximum absolute atomic E-state index is 6.01. The fraction of sp³-hybridized carbons (Fsp3) is 0.846. The van der Waals surface area contributed by atoms with Crippen LogP contribution in [0.5, 0.6) is 0 Å². The molecule has 3 heterocycles. The van der Waals surface area contributed by atoms with Crippen molar-refractivity contribution in [2.45, 2.75) is 50.7 Å². The molecule has 3 unspecified atom stereocenters. The molecule has 6 nitrogen and oxygen atoms in total. The standard InChI is InChI=1S/C13H23N5O/c1-2-11-10(5-7-19-11)12-15-13(17-16-12)18-6-3-4-9(14)8-18/h9-11H,2-8,14H2,1H3,(H,15,16,17). The van der Waals surface area contributed by atoms with Gasteiger partial charge in [0.05, 0.1) is 6.10 Å². The van der Waals surface area contributed by atoms with Crippen molar-refractivity contribution in [1.29, 1.82) is 0 Å². The van der Waals surface area contributed by atoms with Crippen LogP contribution in [0, 0.1) is 0 Å². The molecule has 19 heavy (non-hydrogen) atoms. The third kappa shape index (κ3) is 2.60. The number of nitrogens with two attached hydrogens (primary N) is 1. The minimum atomic E-state index is 0.244. The predicted octanol–water partition coefficient (Wildman–Crippen LogP) is 1.01. The molecule has 3 rings (SSSR count). The fourth-order valence-electron chi connectivity index (χ4n) is 3.13. The van der Waals surface area contributed by atoms with Crippen LogP contribution in [0.25, 0.3) is 0 Å². The highest BCUT2D eigenvalue weighted by molar-refractivity contribution is 5.30. The molecule has 2 fully saturated rings. The summed E-state index contributed by atoms with van der Waals surface area (Å²) >= 11 is 0. The minimum absolute atomic E-state index is 0.244. The fourth-order valence-corrected chi connectivity index (χ4v) is 3.13. The SMILES string of the molecule is CCC1OCCC1c1nc(N2CCCC(N)C2)n[nH]1. The van der Waals surface area contributed by atoms with E-state index in [0.717, 1.165) is 57.2 Å². The van der Waals surface area contributed by atoms with Crippen LogP contribution in [-0.2, 0) is 4.74 Å². The molecule has 2 aliphatic heterocycles. The molecule has 0 saturated carbocycles. The Morgan fingerprint density at radius 1 is 1.47 bits per heavy atom. The van der Waals surface area contributed by atoms with Crippen molar-refractivity contribution >= 4 is 5.95 Å². The van der Waals surface area contributed by atoms with Crippen molar-refractivity contribution in [1.82, 2.24) is 15.2 Å². The molecule has 6 heteroatoms. The lowest BCUT2D eigenvalue weighted by molar-refractivity contribution is 0.0994. The number of rotatable bonds is 3. The van der Waals surface area contributed by atoms with Gasteiger partial charge < -0.3 is 15.4 Å². The van der Waals surface area contributed by atoms with Crippen molar-refractivity contribution < 1.29 is 4.74 Å². The third-order valence-corrected chi connectivity index (χ3v) is 4.19. The van der Waals surface area contributed by atoms with Crippen molar-refractivity contribution in [3.8, 4) is 0 Å². The topological polar surface area (TPSA) is 80.1 Å². The van der Waals surface area contributed by atoms with E-state index in [1.807, 2.05) is 0 Å². The van der Waals surface area contributed by atoms with Gasteiger partial charge in [-0.25, -0.2) is 0 Å². The summed E-state index contributed by atoms with van der Waals surface area (Å²) in [7, 11) is 0. The van der Waals surface area contributed by atoms with Crippen molar-refractivity contribution in [2.24, 2.45) is 5.73 Å². The highest BCUT2D eigenvalue weighted by Gasteiger charge is 2.31. The highest BCUT2D eigenvalue weighted by atomic mass is 16.5. The van der Waals surface area contributed by atoms with Gasteiger partial charge in [0.2, 0.25) is 5.95 Å². The number of nitrogens with one attached hydrogen (secondary N) is 1. The van der Waals surface area contributed by atoms with Crippen LogP contribution in [0.4, 0.5) is 5.95 Å². The molecule has 0 bridgehead atoms. The van der Waals surface area contributed by atoms with Gasteiger partial charge in [-0.3, -0.25) is 5.10 Å². The summed E-state index contributed by atoms with van der Waals surface area (Å²) in [5.74, 6) is 2.13. The molecule has 0 spiro atoms. The van der Waals surface area contributed by atoms with Crippen molar-refractivity contribution in [3.63, 3.8) is 0 Å². The molecule has 0 amide bonds. The van der Waals surface area contributed by atoms with Gasteiger partial charge in [-0.05, 0) is 25.7 Å². The first-order valence-electron chi connectivity index (χ1n) is 7.32. The zero-order chi connectivity index (χ0) is 13.2. The van der Waals surface area contributed by atoms with Crippen molar-refractivity contribution in [3.05, 3.63) is 5.82 Å². The maximum atomic E-state index is 6.01. The summed E-state index contributed by atoms with van der Waals surface area (Å²) in [5, 5.41) is 7.47. The number of aromatic nitrogens is 3. The third-order valence-electron chi connectivity index (χ3n) is 4.19. The highest BCUT2D eigenvalue weighted by Crippen LogP contribution is 2.31. The van der Waals surface area contributed by atoms with E-state index in [1.165, 1.54) is 0 Å². The molecule has 1 aromatic heterocycles. The van der Waals surface area contributed by atoms with E-state index in [4.69, 9.17) is 10.5 Å². The van der Waals surface area contributed by atoms with Crippen LogP contribution in [0.2, 0.25) is 0 Å². The molecule has 0 radical (unpaired) electrons. The smallest absolute Gasteiger partial charge is 0.244 e. The largest absolute Gasteiger partial charge is 0.377 e. The first kappa shape index (κ1) is 12.9. The molecular weight excluding hydrogens is 242 g/mol. The Hall–Kier alpha value is -1.14. The van der Waals surface area contributed by atoms with Crippen LogP contribution in [0.3, 0.4) is 0 Å². The average molecular weight is 265 g/mol. The van der Waals surface area contributed by atoms with Crippen LogP contribution in [-0.4, -0.2) is 47.0 Å². The minimum Gasteiger partial charge on any atom is -0.377 e. The summed E-state index contributed by atoms with van der Waals surface area (Å²) in [4.78, 5) is 6.86. The summed E-state index contributed by atoms with van der Waals surface area (Å²) in [6.07, 6.45) is 4.56. The lowest BCUT2D eigenvalue weighted by Crippen LogP contribution is -2.43. The van der Waals surface area contributed by atoms with Gasteiger partial charge in [0, 0.05) is 31.7 Å². The van der Waals surface area contributed by atoms with Crippen LogP contribution >= 0.6 is 0 Å². The molecular formula is C13H23N5O. The number of piperidine rings is 1. The number of anilines is 1. The Kier molecular flexibility index (Phi) is 3.70. The number of nitrogens with zero attached hydrogens (tertiary/aromatic N) is 3. The zero-order valence-electron chi connectivity index (χ0n) is 11.5. The average Bonchev–Trinajstić information content (AvgIpc) is 3.07. The number of ether oxygens (including phenoxy) is 1. The summed E-state index contributed by atoms with van der Waals surface area (Å²) in [6.45, 7) is 4.84. The molecule has 0 aromatic carbocycles. The first-order valence-corrected chi connectivity index (χ1v) is 7.32. The van der Waals surface area contributed by atoms with E-state index in [9.17, 15) is 0 Å². The van der Waals surface area contributed by atoms with E-state index >= 15 is 0 Å². The van der Waals surface area contributed by atoms with Crippen LogP contribution < -0.4 is 10.6 Å². The summed E-state index contributed by atoms with van der Waals surface area (Å²) in [6, 6.07) is 0.244. The lowest BCUT2D eigenvalue weighted by atomic mass is 9.99. The van der Waals surface area contributed by atoms with Crippen LogP contribution in [0.1, 0.15) is 44.3 Å². The Morgan fingerprint density at radius 3 is 3.16 bits per heavy atom. The summed E-state index contributed by atoms with van der Waals surface area (Å²) in [5.41, 5.74) is 6.01. The van der Waals surface area contributed by atoms with Gasteiger partial charge in [0.15, 0.2) is 0 Å². The van der Waals surface area contributed by atoms with E-state index < -0.39 is 0 Å². The number of hydrogen-bond acceptors (Lipinski definition) is 5.